The molecule has 2 atom stereocenters. The van der Waals surface area contributed by atoms with Crippen LogP contribution < -0.4 is 5.32 Å². The van der Waals surface area contributed by atoms with Gasteiger partial charge in [-0.2, -0.15) is 0 Å². The van der Waals surface area contributed by atoms with Gasteiger partial charge in [0, 0.05) is 32.1 Å². The number of carbonyl (C=O) groups is 1. The van der Waals surface area contributed by atoms with Crippen LogP contribution in [0.3, 0.4) is 0 Å². The van der Waals surface area contributed by atoms with Crippen LogP contribution >= 0.6 is 0 Å². The van der Waals surface area contributed by atoms with E-state index in [1.165, 1.54) is 0 Å². The zero-order chi connectivity index (χ0) is 10.0. The minimum Gasteiger partial charge on any atom is -0.352 e. The molecule has 0 unspecified atom stereocenters. The van der Waals surface area contributed by atoms with E-state index in [0.29, 0.717) is 18.0 Å². The summed E-state index contributed by atoms with van der Waals surface area (Å²) in [5.74, 6) is 0.661. The lowest BCUT2D eigenvalue weighted by Gasteiger charge is -2.20. The van der Waals surface area contributed by atoms with Gasteiger partial charge in [0.05, 0.1) is 0 Å². The van der Waals surface area contributed by atoms with Gasteiger partial charge in [-0.3, -0.25) is 9.69 Å². The van der Waals surface area contributed by atoms with Crippen molar-refractivity contribution in [2.75, 3.05) is 13.1 Å². The number of amides is 1. The predicted octanol–water partition coefficient (Wildman–Crippen LogP) is 0.851. The minimum absolute atomic E-state index is 0.0856. The molecule has 0 aromatic heterocycles. The Morgan fingerprint density at radius 2 is 2.08 bits per heavy atom. The Kier molecular flexibility index (Phi) is 3.31. The van der Waals surface area contributed by atoms with Crippen LogP contribution in [-0.2, 0) is 4.79 Å². The fraction of sp³-hybridized carbons (Fsp3) is 0.900. The van der Waals surface area contributed by atoms with Crippen molar-refractivity contribution in [3.63, 3.8) is 0 Å². The Bertz CT molecular complexity index is 191. The normalized spacial score (nSPS) is 29.6. The van der Waals surface area contributed by atoms with Crippen molar-refractivity contribution >= 4 is 5.91 Å². The van der Waals surface area contributed by atoms with Gasteiger partial charge in [-0.05, 0) is 19.8 Å². The molecule has 1 saturated heterocycles. The van der Waals surface area contributed by atoms with E-state index in [1.807, 2.05) is 0 Å². The Morgan fingerprint density at radius 3 is 2.46 bits per heavy atom. The van der Waals surface area contributed by atoms with Crippen LogP contribution in [0.1, 0.15) is 27.7 Å². The Labute approximate surface area is 80.5 Å². The molecule has 13 heavy (non-hydrogen) atoms. The van der Waals surface area contributed by atoms with Crippen molar-refractivity contribution in [1.29, 1.82) is 0 Å². The first kappa shape index (κ1) is 10.5. The summed E-state index contributed by atoms with van der Waals surface area (Å²) in [6.07, 6.45) is 0. The Hall–Kier alpha value is -0.570. The molecule has 0 bridgehead atoms. The maximum Gasteiger partial charge on any atom is 0.217 e. The maximum atomic E-state index is 10.9. The monoisotopic (exact) mass is 184 g/mol. The average molecular weight is 184 g/mol. The topological polar surface area (TPSA) is 32.3 Å². The van der Waals surface area contributed by atoms with Gasteiger partial charge in [0.15, 0.2) is 0 Å². The van der Waals surface area contributed by atoms with Gasteiger partial charge in [-0.15, -0.1) is 0 Å². The zero-order valence-corrected chi connectivity index (χ0v) is 9.00. The molecule has 0 aromatic rings. The lowest BCUT2D eigenvalue weighted by Crippen LogP contribution is -2.39. The molecule has 1 amide bonds. The summed E-state index contributed by atoms with van der Waals surface area (Å²) in [6.45, 7) is 10.3. The first-order valence-electron chi connectivity index (χ1n) is 5.02. The van der Waals surface area contributed by atoms with Gasteiger partial charge < -0.3 is 5.32 Å². The quantitative estimate of drug-likeness (QED) is 0.690. The van der Waals surface area contributed by atoms with Gasteiger partial charge in [0.2, 0.25) is 5.91 Å². The van der Waals surface area contributed by atoms with E-state index in [9.17, 15) is 4.79 Å². The van der Waals surface area contributed by atoms with E-state index in [1.54, 1.807) is 6.92 Å². The summed E-state index contributed by atoms with van der Waals surface area (Å²) in [4.78, 5) is 13.3. The lowest BCUT2D eigenvalue weighted by molar-refractivity contribution is -0.119. The standard InChI is InChI=1S/C10H20N2O/c1-7(2)12-5-8(3)10(6-12)11-9(4)13/h7-8,10H,5-6H2,1-4H3,(H,11,13)/t8-,10+/m1/s1. The van der Waals surface area contributed by atoms with Crippen LogP contribution in [-0.4, -0.2) is 36.0 Å². The molecule has 1 fully saturated rings. The second kappa shape index (κ2) is 4.09. The van der Waals surface area contributed by atoms with Gasteiger partial charge in [-0.25, -0.2) is 0 Å². The molecular weight excluding hydrogens is 164 g/mol. The molecule has 76 valence electrons. The SMILES string of the molecule is CC(=O)N[C@H]1CN(C(C)C)C[C@H]1C. The number of nitrogens with zero attached hydrogens (tertiary/aromatic N) is 1. The Morgan fingerprint density at radius 1 is 1.46 bits per heavy atom. The van der Waals surface area contributed by atoms with Crippen molar-refractivity contribution in [3.8, 4) is 0 Å². The molecule has 1 aliphatic heterocycles. The minimum atomic E-state index is 0.0856. The molecule has 0 saturated carbocycles. The molecule has 1 N–H and O–H groups in total. The van der Waals surface area contributed by atoms with E-state index >= 15 is 0 Å². The molecule has 0 spiro atoms. The van der Waals surface area contributed by atoms with E-state index in [-0.39, 0.29) is 5.91 Å². The number of rotatable bonds is 2. The second-order valence-electron chi connectivity index (χ2n) is 4.33. The van der Waals surface area contributed by atoms with Crippen molar-refractivity contribution in [2.24, 2.45) is 5.92 Å². The van der Waals surface area contributed by atoms with Crippen LogP contribution in [0.4, 0.5) is 0 Å². The summed E-state index contributed by atoms with van der Waals surface area (Å²) in [6, 6.07) is 0.932. The highest BCUT2D eigenvalue weighted by molar-refractivity contribution is 5.73. The second-order valence-corrected chi connectivity index (χ2v) is 4.33. The molecule has 0 aromatic carbocycles. The highest BCUT2D eigenvalue weighted by atomic mass is 16.1. The molecule has 0 aliphatic carbocycles. The zero-order valence-electron chi connectivity index (χ0n) is 9.00. The number of carbonyl (C=O) groups excluding carboxylic acids is 1. The van der Waals surface area contributed by atoms with Crippen LogP contribution in [0, 0.1) is 5.92 Å². The summed E-state index contributed by atoms with van der Waals surface area (Å²) >= 11 is 0. The summed E-state index contributed by atoms with van der Waals surface area (Å²) in [5.41, 5.74) is 0. The van der Waals surface area contributed by atoms with Crippen LogP contribution in [0.25, 0.3) is 0 Å². The largest absolute Gasteiger partial charge is 0.352 e. The third-order valence-electron chi connectivity index (χ3n) is 2.76. The third kappa shape index (κ3) is 2.69. The van der Waals surface area contributed by atoms with Crippen LogP contribution in [0.15, 0.2) is 0 Å². The number of hydrogen-bond donors (Lipinski definition) is 1. The van der Waals surface area contributed by atoms with E-state index in [2.05, 4.69) is 31.0 Å². The molecule has 3 nitrogen and oxygen atoms in total. The number of likely N-dealkylation sites (tertiary alicyclic amines) is 1. The first-order valence-corrected chi connectivity index (χ1v) is 5.02. The number of nitrogens with one attached hydrogen (secondary N) is 1. The smallest absolute Gasteiger partial charge is 0.217 e. The average Bonchev–Trinajstić information content (AvgIpc) is 2.31. The lowest BCUT2D eigenvalue weighted by atomic mass is 10.1. The van der Waals surface area contributed by atoms with Crippen molar-refractivity contribution in [2.45, 2.75) is 39.8 Å². The highest BCUT2D eigenvalue weighted by Gasteiger charge is 2.30. The van der Waals surface area contributed by atoms with Gasteiger partial charge >= 0.3 is 0 Å². The first-order chi connectivity index (χ1) is 6.00. The van der Waals surface area contributed by atoms with Gasteiger partial charge in [0.1, 0.15) is 0 Å². The van der Waals surface area contributed by atoms with Crippen molar-refractivity contribution < 1.29 is 4.79 Å². The Balaban J connectivity index is 2.46. The molecule has 1 rings (SSSR count). The van der Waals surface area contributed by atoms with Gasteiger partial charge in [-0.1, -0.05) is 6.92 Å². The van der Waals surface area contributed by atoms with Crippen LogP contribution in [0.5, 0.6) is 0 Å². The summed E-state index contributed by atoms with van der Waals surface area (Å²) in [5, 5.41) is 3.00. The molecule has 1 aliphatic rings. The van der Waals surface area contributed by atoms with Gasteiger partial charge in [0.25, 0.3) is 0 Å². The molecule has 0 radical (unpaired) electrons. The van der Waals surface area contributed by atoms with E-state index in [0.717, 1.165) is 13.1 Å². The van der Waals surface area contributed by atoms with E-state index < -0.39 is 0 Å². The van der Waals surface area contributed by atoms with Crippen LogP contribution in [0.2, 0.25) is 0 Å². The third-order valence-corrected chi connectivity index (χ3v) is 2.76. The predicted molar refractivity (Wildman–Crippen MR) is 53.5 cm³/mol. The fourth-order valence-corrected chi connectivity index (χ4v) is 1.87. The summed E-state index contributed by atoms with van der Waals surface area (Å²) < 4.78 is 0. The summed E-state index contributed by atoms with van der Waals surface area (Å²) in [7, 11) is 0. The molecule has 1 heterocycles. The van der Waals surface area contributed by atoms with Crippen molar-refractivity contribution in [3.05, 3.63) is 0 Å². The number of hydrogen-bond acceptors (Lipinski definition) is 2. The molecule has 3 heteroatoms. The fourth-order valence-electron chi connectivity index (χ4n) is 1.87. The highest BCUT2D eigenvalue weighted by Crippen LogP contribution is 2.18. The molecular formula is C10H20N2O. The van der Waals surface area contributed by atoms with Crippen molar-refractivity contribution in [1.82, 2.24) is 10.2 Å². The maximum absolute atomic E-state index is 10.9. The van der Waals surface area contributed by atoms with E-state index in [4.69, 9.17) is 0 Å².